The first-order chi connectivity index (χ1) is 12.8. The Labute approximate surface area is 158 Å². The van der Waals surface area contributed by atoms with Gasteiger partial charge in [-0.25, -0.2) is 4.98 Å². The van der Waals surface area contributed by atoms with E-state index >= 15 is 0 Å². The summed E-state index contributed by atoms with van der Waals surface area (Å²) >= 11 is 0. The molecule has 2 aromatic heterocycles. The highest BCUT2D eigenvalue weighted by Gasteiger charge is 2.24. The summed E-state index contributed by atoms with van der Waals surface area (Å²) in [6, 6.07) is 13.1. The van der Waals surface area contributed by atoms with Crippen molar-refractivity contribution in [1.82, 2.24) is 14.7 Å². The van der Waals surface area contributed by atoms with E-state index in [4.69, 9.17) is 0 Å². The lowest BCUT2D eigenvalue weighted by Gasteiger charge is -2.19. The molecule has 6 nitrogen and oxygen atoms in total. The second kappa shape index (κ2) is 7.23. The van der Waals surface area contributed by atoms with Gasteiger partial charge in [-0.1, -0.05) is 31.2 Å². The number of nitrogens with one attached hydrogen (secondary N) is 2. The molecule has 6 heteroatoms. The van der Waals surface area contributed by atoms with Crippen LogP contribution in [0, 0.1) is 0 Å². The van der Waals surface area contributed by atoms with Crippen LogP contribution in [0.1, 0.15) is 54.4 Å². The third kappa shape index (κ3) is 4.00. The minimum absolute atomic E-state index is 0.189. The van der Waals surface area contributed by atoms with Crippen molar-refractivity contribution < 1.29 is 9.59 Å². The quantitative estimate of drug-likeness (QED) is 0.741. The molecule has 2 heterocycles. The Morgan fingerprint density at radius 1 is 1.04 bits per heavy atom. The molecule has 0 saturated carbocycles. The molecule has 2 N–H and O–H groups in total. The van der Waals surface area contributed by atoms with Gasteiger partial charge in [0.05, 0.1) is 5.52 Å². The van der Waals surface area contributed by atoms with E-state index in [0.717, 1.165) is 17.7 Å². The first kappa shape index (κ1) is 18.6. The van der Waals surface area contributed by atoms with E-state index in [1.54, 1.807) is 22.7 Å². The summed E-state index contributed by atoms with van der Waals surface area (Å²) in [6.45, 7) is 7.73. The fourth-order valence-electron chi connectivity index (χ4n) is 2.89. The van der Waals surface area contributed by atoms with Crippen LogP contribution in [0.5, 0.6) is 0 Å². The number of fused-ring (bicyclic) bond motifs is 1. The first-order valence-electron chi connectivity index (χ1n) is 8.99. The van der Waals surface area contributed by atoms with Gasteiger partial charge in [0.2, 0.25) is 5.82 Å². The number of aryl methyl sites for hydroxylation is 1. The monoisotopic (exact) mass is 364 g/mol. The van der Waals surface area contributed by atoms with Gasteiger partial charge in [0.25, 0.3) is 11.8 Å². The average Bonchev–Trinajstić information content (AvgIpc) is 3.01. The molecule has 140 valence electrons. The molecule has 0 atom stereocenters. The Hall–Kier alpha value is -3.15. The fourth-order valence-corrected chi connectivity index (χ4v) is 2.89. The minimum Gasteiger partial charge on any atom is -0.345 e. The number of amides is 2. The van der Waals surface area contributed by atoms with E-state index in [-0.39, 0.29) is 23.3 Å². The maximum Gasteiger partial charge on any atom is 0.288 e. The number of hydrogen-bond donors (Lipinski definition) is 2. The Bertz CT molecular complexity index is 999. The Kier molecular flexibility index (Phi) is 4.99. The molecule has 3 rings (SSSR count). The van der Waals surface area contributed by atoms with Gasteiger partial charge in [0, 0.05) is 17.4 Å². The molecular weight excluding hydrogens is 340 g/mol. The van der Waals surface area contributed by atoms with E-state index in [1.807, 2.05) is 58.0 Å². The molecule has 0 bridgehead atoms. The number of aromatic nitrogens is 2. The summed E-state index contributed by atoms with van der Waals surface area (Å²) in [5.41, 5.74) is 2.20. The third-order valence-corrected chi connectivity index (χ3v) is 4.10. The van der Waals surface area contributed by atoms with Crippen molar-refractivity contribution in [3.63, 3.8) is 0 Å². The molecular formula is C21H24N4O2. The Morgan fingerprint density at radius 2 is 1.74 bits per heavy atom. The van der Waals surface area contributed by atoms with Crippen LogP contribution in [-0.2, 0) is 6.42 Å². The predicted molar refractivity (Wildman–Crippen MR) is 106 cm³/mol. The highest BCUT2D eigenvalue weighted by molar-refractivity contribution is 6.09. The average molecular weight is 364 g/mol. The van der Waals surface area contributed by atoms with Gasteiger partial charge in [-0.15, -0.1) is 0 Å². The van der Waals surface area contributed by atoms with Crippen molar-refractivity contribution in [3.05, 3.63) is 65.7 Å². The van der Waals surface area contributed by atoms with Gasteiger partial charge in [-0.05, 0) is 51.0 Å². The number of imidazole rings is 1. The zero-order valence-corrected chi connectivity index (χ0v) is 16.0. The van der Waals surface area contributed by atoms with Crippen LogP contribution in [0.3, 0.4) is 0 Å². The number of pyridine rings is 1. The molecule has 0 fully saturated rings. The van der Waals surface area contributed by atoms with E-state index in [1.165, 1.54) is 0 Å². The smallest absolute Gasteiger partial charge is 0.288 e. The van der Waals surface area contributed by atoms with Gasteiger partial charge >= 0.3 is 0 Å². The van der Waals surface area contributed by atoms with Crippen LogP contribution in [0.15, 0.2) is 48.7 Å². The second-order valence-corrected chi connectivity index (χ2v) is 7.41. The number of rotatable bonds is 4. The van der Waals surface area contributed by atoms with E-state index < -0.39 is 5.54 Å². The van der Waals surface area contributed by atoms with Crippen LogP contribution >= 0.6 is 0 Å². The topological polar surface area (TPSA) is 75.5 Å². The molecule has 3 aromatic rings. The van der Waals surface area contributed by atoms with Crippen molar-refractivity contribution >= 4 is 23.0 Å². The number of benzene rings is 1. The zero-order valence-electron chi connectivity index (χ0n) is 16.0. The van der Waals surface area contributed by atoms with E-state index in [9.17, 15) is 9.59 Å². The molecule has 0 aliphatic carbocycles. The van der Waals surface area contributed by atoms with Gasteiger partial charge in [-0.3, -0.25) is 14.0 Å². The van der Waals surface area contributed by atoms with E-state index in [2.05, 4.69) is 15.6 Å². The standard InChI is InChI=1S/C21H24N4O2/c1-5-14-10-6-7-11-15(14)22-19(26)17-16-12-8-9-13-25(16)18(23-17)20(27)24-21(2,3)4/h6-13H,5H2,1-4H3,(H,22,26)(H,24,27). The Balaban J connectivity index is 2.00. The molecule has 0 unspecified atom stereocenters. The molecule has 0 saturated heterocycles. The lowest BCUT2D eigenvalue weighted by Crippen LogP contribution is -2.41. The van der Waals surface area contributed by atoms with Crippen molar-refractivity contribution in [2.45, 2.75) is 39.7 Å². The number of nitrogens with zero attached hydrogens (tertiary/aromatic N) is 2. The second-order valence-electron chi connectivity index (χ2n) is 7.41. The molecule has 1 aromatic carbocycles. The van der Waals surface area contributed by atoms with Crippen LogP contribution in [-0.4, -0.2) is 26.7 Å². The third-order valence-electron chi connectivity index (χ3n) is 4.10. The van der Waals surface area contributed by atoms with Crippen molar-refractivity contribution in [2.24, 2.45) is 0 Å². The molecule has 0 spiro atoms. The van der Waals surface area contributed by atoms with Gasteiger partial charge in [0.15, 0.2) is 5.69 Å². The lowest BCUT2D eigenvalue weighted by molar-refractivity contribution is 0.0908. The Morgan fingerprint density at radius 3 is 2.44 bits per heavy atom. The first-order valence-corrected chi connectivity index (χ1v) is 8.99. The molecule has 0 radical (unpaired) electrons. The number of anilines is 1. The summed E-state index contributed by atoms with van der Waals surface area (Å²) in [4.78, 5) is 29.9. The lowest BCUT2D eigenvalue weighted by atomic mass is 10.1. The summed E-state index contributed by atoms with van der Waals surface area (Å²) in [5, 5.41) is 5.82. The molecule has 2 amide bonds. The summed E-state index contributed by atoms with van der Waals surface area (Å²) in [5.74, 6) is -0.472. The zero-order chi connectivity index (χ0) is 19.6. The largest absolute Gasteiger partial charge is 0.345 e. The minimum atomic E-state index is -0.403. The van der Waals surface area contributed by atoms with Crippen LogP contribution in [0.4, 0.5) is 5.69 Å². The maximum absolute atomic E-state index is 12.9. The van der Waals surface area contributed by atoms with Gasteiger partial charge in [-0.2, -0.15) is 0 Å². The molecule has 0 aliphatic heterocycles. The van der Waals surface area contributed by atoms with Crippen molar-refractivity contribution in [1.29, 1.82) is 0 Å². The van der Waals surface area contributed by atoms with Crippen LogP contribution < -0.4 is 10.6 Å². The number of para-hydroxylation sites is 1. The van der Waals surface area contributed by atoms with Crippen molar-refractivity contribution in [2.75, 3.05) is 5.32 Å². The van der Waals surface area contributed by atoms with Crippen molar-refractivity contribution in [3.8, 4) is 0 Å². The van der Waals surface area contributed by atoms with Gasteiger partial charge < -0.3 is 10.6 Å². The number of carbonyl (C=O) groups is 2. The number of hydrogen-bond acceptors (Lipinski definition) is 3. The molecule has 27 heavy (non-hydrogen) atoms. The van der Waals surface area contributed by atoms with Crippen LogP contribution in [0.25, 0.3) is 5.52 Å². The fraction of sp³-hybridized carbons (Fsp3) is 0.286. The summed E-state index contributed by atoms with van der Waals surface area (Å²) in [7, 11) is 0. The SMILES string of the molecule is CCc1ccccc1NC(=O)c1nc(C(=O)NC(C)(C)C)n2ccccc12. The predicted octanol–water partition coefficient (Wildman–Crippen LogP) is 3.68. The highest BCUT2D eigenvalue weighted by Crippen LogP contribution is 2.19. The van der Waals surface area contributed by atoms with E-state index in [0.29, 0.717) is 5.52 Å². The van der Waals surface area contributed by atoms with Crippen LogP contribution in [0.2, 0.25) is 0 Å². The normalized spacial score (nSPS) is 11.4. The van der Waals surface area contributed by atoms with Gasteiger partial charge in [0.1, 0.15) is 0 Å². The number of carbonyl (C=O) groups excluding carboxylic acids is 2. The molecule has 0 aliphatic rings. The summed E-state index contributed by atoms with van der Waals surface area (Å²) in [6.07, 6.45) is 2.54. The highest BCUT2D eigenvalue weighted by atomic mass is 16.2. The summed E-state index contributed by atoms with van der Waals surface area (Å²) < 4.78 is 1.64. The maximum atomic E-state index is 12.9.